The number of nitrogens with zero attached hydrogens (tertiary/aromatic N) is 3. The Balaban J connectivity index is 1.97. The first kappa shape index (κ1) is 16.8. The van der Waals surface area contributed by atoms with E-state index in [1.165, 1.54) is 0 Å². The van der Waals surface area contributed by atoms with Crippen LogP contribution in [0.2, 0.25) is 0 Å². The number of hydrogen-bond acceptors (Lipinski definition) is 5. The van der Waals surface area contributed by atoms with Crippen molar-refractivity contribution < 1.29 is 19.4 Å². The molecule has 2 aromatic rings. The highest BCUT2D eigenvalue weighted by Crippen LogP contribution is 2.17. The fourth-order valence-electron chi connectivity index (χ4n) is 2.19. The summed E-state index contributed by atoms with van der Waals surface area (Å²) in [7, 11) is 1.61. The van der Waals surface area contributed by atoms with Crippen LogP contribution < -0.4 is 9.47 Å². The average molecular weight is 319 g/mol. The molecule has 0 saturated heterocycles. The van der Waals surface area contributed by atoms with Crippen molar-refractivity contribution in [1.82, 2.24) is 15.0 Å². The van der Waals surface area contributed by atoms with E-state index >= 15 is 0 Å². The van der Waals surface area contributed by atoms with Crippen molar-refractivity contribution in [3.8, 4) is 11.5 Å². The minimum absolute atomic E-state index is 0.0305. The van der Waals surface area contributed by atoms with E-state index in [-0.39, 0.29) is 5.69 Å². The fourth-order valence-corrected chi connectivity index (χ4v) is 2.19. The van der Waals surface area contributed by atoms with Gasteiger partial charge in [0.05, 0.1) is 19.3 Å². The Bertz CT molecular complexity index is 637. The van der Waals surface area contributed by atoms with Crippen molar-refractivity contribution in [1.29, 1.82) is 0 Å². The van der Waals surface area contributed by atoms with E-state index in [1.807, 2.05) is 24.3 Å². The smallest absolute Gasteiger partial charge is 0.358 e. The number of hydrogen-bond donors (Lipinski definition) is 1. The molecule has 0 unspecified atom stereocenters. The molecule has 0 bridgehead atoms. The zero-order valence-corrected chi connectivity index (χ0v) is 13.4. The van der Waals surface area contributed by atoms with Gasteiger partial charge in [-0.15, -0.1) is 5.10 Å². The molecule has 2 rings (SSSR count). The zero-order chi connectivity index (χ0) is 16.7. The van der Waals surface area contributed by atoms with Crippen LogP contribution in [0, 0.1) is 0 Å². The molecule has 0 amide bonds. The van der Waals surface area contributed by atoms with Crippen LogP contribution in [0.3, 0.4) is 0 Å². The van der Waals surface area contributed by atoms with Gasteiger partial charge in [-0.1, -0.05) is 18.6 Å². The van der Waals surface area contributed by atoms with Crippen molar-refractivity contribution in [3.05, 3.63) is 35.7 Å². The molecule has 0 radical (unpaired) electrons. The van der Waals surface area contributed by atoms with Crippen molar-refractivity contribution in [3.63, 3.8) is 0 Å². The molecule has 1 N–H and O–H groups in total. The normalized spacial score (nSPS) is 10.5. The van der Waals surface area contributed by atoms with E-state index in [0.717, 1.165) is 24.3 Å². The van der Waals surface area contributed by atoms with Crippen LogP contribution in [0.25, 0.3) is 0 Å². The number of carboxylic acid groups (broad SMARTS) is 1. The maximum absolute atomic E-state index is 11.2. The van der Waals surface area contributed by atoms with Crippen molar-refractivity contribution in [2.24, 2.45) is 0 Å². The molecule has 0 aliphatic heterocycles. The van der Waals surface area contributed by atoms with Gasteiger partial charge in [-0.05, 0) is 37.1 Å². The van der Waals surface area contributed by atoms with Crippen molar-refractivity contribution in [2.45, 2.75) is 32.7 Å². The van der Waals surface area contributed by atoms with Crippen LogP contribution in [0.5, 0.6) is 11.5 Å². The Hall–Kier alpha value is -2.57. The summed E-state index contributed by atoms with van der Waals surface area (Å²) in [4.78, 5) is 11.2. The predicted octanol–water partition coefficient (Wildman–Crippen LogP) is 2.41. The molecule has 7 heteroatoms. The van der Waals surface area contributed by atoms with Crippen LogP contribution in [-0.2, 0) is 13.0 Å². The SMILES string of the molecule is CCCCc1c(C(=O)O)nnn1CCOc1ccc(OC)cc1. The highest BCUT2D eigenvalue weighted by molar-refractivity contribution is 5.86. The van der Waals surface area contributed by atoms with Gasteiger partial charge in [0.2, 0.25) is 0 Å². The van der Waals surface area contributed by atoms with E-state index < -0.39 is 5.97 Å². The Morgan fingerprint density at radius 1 is 1.26 bits per heavy atom. The molecule has 1 aromatic heterocycles. The molecule has 0 aliphatic carbocycles. The molecule has 0 atom stereocenters. The van der Waals surface area contributed by atoms with E-state index in [0.29, 0.717) is 25.3 Å². The van der Waals surface area contributed by atoms with Gasteiger partial charge in [-0.2, -0.15) is 0 Å². The first-order valence-electron chi connectivity index (χ1n) is 7.58. The number of benzene rings is 1. The number of ether oxygens (including phenoxy) is 2. The van der Waals surface area contributed by atoms with Crippen molar-refractivity contribution >= 4 is 5.97 Å². The fraction of sp³-hybridized carbons (Fsp3) is 0.438. The monoisotopic (exact) mass is 319 g/mol. The second kappa shape index (κ2) is 8.17. The van der Waals surface area contributed by atoms with Crippen molar-refractivity contribution in [2.75, 3.05) is 13.7 Å². The number of methoxy groups -OCH3 is 1. The highest BCUT2D eigenvalue weighted by Gasteiger charge is 2.18. The lowest BCUT2D eigenvalue weighted by Crippen LogP contribution is -2.13. The maximum Gasteiger partial charge on any atom is 0.358 e. The molecule has 0 saturated carbocycles. The summed E-state index contributed by atoms with van der Waals surface area (Å²) >= 11 is 0. The molecule has 7 nitrogen and oxygen atoms in total. The molecule has 1 heterocycles. The molecule has 23 heavy (non-hydrogen) atoms. The van der Waals surface area contributed by atoms with E-state index in [1.54, 1.807) is 11.8 Å². The summed E-state index contributed by atoms with van der Waals surface area (Å²) in [6.07, 6.45) is 2.52. The average Bonchev–Trinajstić information content (AvgIpc) is 2.96. The third kappa shape index (κ3) is 4.45. The van der Waals surface area contributed by atoms with Gasteiger partial charge in [0, 0.05) is 0 Å². The van der Waals surface area contributed by atoms with Crippen LogP contribution in [0.1, 0.15) is 35.9 Å². The van der Waals surface area contributed by atoms with Gasteiger partial charge in [-0.25, -0.2) is 9.48 Å². The quantitative estimate of drug-likeness (QED) is 0.764. The predicted molar refractivity (Wildman–Crippen MR) is 84.1 cm³/mol. The number of carbonyl (C=O) groups is 1. The molecular weight excluding hydrogens is 298 g/mol. The minimum Gasteiger partial charge on any atom is -0.497 e. The summed E-state index contributed by atoms with van der Waals surface area (Å²) in [5.74, 6) is 0.444. The van der Waals surface area contributed by atoms with Gasteiger partial charge in [0.1, 0.15) is 18.1 Å². The summed E-state index contributed by atoms with van der Waals surface area (Å²) in [5, 5.41) is 16.9. The lowest BCUT2D eigenvalue weighted by Gasteiger charge is -2.09. The first-order valence-corrected chi connectivity index (χ1v) is 7.58. The lowest BCUT2D eigenvalue weighted by molar-refractivity contribution is 0.0689. The number of aromatic carboxylic acids is 1. The number of unbranched alkanes of at least 4 members (excludes halogenated alkanes) is 1. The number of carboxylic acids is 1. The van der Waals surface area contributed by atoms with Gasteiger partial charge in [0.25, 0.3) is 0 Å². The summed E-state index contributed by atoms with van der Waals surface area (Å²) in [6.45, 7) is 2.89. The molecule has 1 aromatic carbocycles. The van der Waals surface area contributed by atoms with Gasteiger partial charge >= 0.3 is 5.97 Å². The van der Waals surface area contributed by atoms with Crippen LogP contribution >= 0.6 is 0 Å². The van der Waals surface area contributed by atoms with Crippen LogP contribution in [-0.4, -0.2) is 39.8 Å². The molecule has 0 spiro atoms. The van der Waals surface area contributed by atoms with Gasteiger partial charge in [0.15, 0.2) is 5.69 Å². The van der Waals surface area contributed by atoms with Crippen LogP contribution in [0.15, 0.2) is 24.3 Å². The first-order chi connectivity index (χ1) is 11.2. The summed E-state index contributed by atoms with van der Waals surface area (Å²) < 4.78 is 12.3. The third-order valence-corrected chi connectivity index (χ3v) is 3.44. The van der Waals surface area contributed by atoms with Gasteiger partial charge < -0.3 is 14.6 Å². The minimum atomic E-state index is -1.04. The second-order valence-corrected chi connectivity index (χ2v) is 5.04. The largest absolute Gasteiger partial charge is 0.497 e. The van der Waals surface area contributed by atoms with Gasteiger partial charge in [-0.3, -0.25) is 0 Å². The Morgan fingerprint density at radius 2 is 1.96 bits per heavy atom. The highest BCUT2D eigenvalue weighted by atomic mass is 16.5. The van der Waals surface area contributed by atoms with Crippen LogP contribution in [0.4, 0.5) is 0 Å². The topological polar surface area (TPSA) is 86.5 Å². The molecule has 0 aliphatic rings. The maximum atomic E-state index is 11.2. The molecule has 124 valence electrons. The Labute approximate surface area is 134 Å². The standard InChI is InChI=1S/C16H21N3O4/c1-3-4-5-14-15(16(20)21)17-18-19(14)10-11-23-13-8-6-12(22-2)7-9-13/h6-9H,3-5,10-11H2,1-2H3,(H,20,21). The van der Waals surface area contributed by atoms with E-state index in [4.69, 9.17) is 9.47 Å². The third-order valence-electron chi connectivity index (χ3n) is 3.44. The molecule has 0 fully saturated rings. The Kier molecular flexibility index (Phi) is 5.96. The zero-order valence-electron chi connectivity index (χ0n) is 13.4. The van der Waals surface area contributed by atoms with E-state index in [9.17, 15) is 9.90 Å². The summed E-state index contributed by atoms with van der Waals surface area (Å²) in [6, 6.07) is 7.28. The second-order valence-electron chi connectivity index (χ2n) is 5.04. The number of rotatable bonds is 9. The number of aromatic nitrogens is 3. The van der Waals surface area contributed by atoms with E-state index in [2.05, 4.69) is 17.2 Å². The lowest BCUT2D eigenvalue weighted by atomic mass is 10.1. The Morgan fingerprint density at radius 3 is 2.57 bits per heavy atom. The molecular formula is C16H21N3O4. The summed E-state index contributed by atoms with van der Waals surface area (Å²) in [5.41, 5.74) is 0.681.